The minimum absolute atomic E-state index is 0.169. The number of benzene rings is 1. The van der Waals surface area contributed by atoms with E-state index in [-0.39, 0.29) is 11.5 Å². The van der Waals surface area contributed by atoms with E-state index in [2.05, 4.69) is 0 Å². The van der Waals surface area contributed by atoms with Crippen molar-refractivity contribution in [3.05, 3.63) is 28.8 Å². The van der Waals surface area contributed by atoms with E-state index in [1.807, 2.05) is 0 Å². The first-order valence-electron chi connectivity index (χ1n) is 5.39. The molecule has 1 aliphatic heterocycles. The van der Waals surface area contributed by atoms with Gasteiger partial charge in [0, 0.05) is 10.6 Å². The van der Waals surface area contributed by atoms with Crippen molar-refractivity contribution in [2.24, 2.45) is 0 Å². The number of hydrogen-bond donors (Lipinski definition) is 0. The maximum Gasteiger partial charge on any atom is 0.123 e. The van der Waals surface area contributed by atoms with Gasteiger partial charge in [-0.25, -0.2) is 0 Å². The van der Waals surface area contributed by atoms with Crippen molar-refractivity contribution >= 4 is 23.2 Å². The lowest BCUT2D eigenvalue weighted by Crippen LogP contribution is -2.32. The second-order valence-corrected chi connectivity index (χ2v) is 4.68. The van der Waals surface area contributed by atoms with Crippen LogP contribution in [-0.4, -0.2) is 33.0 Å². The number of rotatable bonds is 3. The minimum atomic E-state index is -0.330. The molecule has 5 heteroatoms. The van der Waals surface area contributed by atoms with E-state index in [0.717, 1.165) is 5.56 Å². The van der Waals surface area contributed by atoms with Crippen molar-refractivity contribution in [2.45, 2.75) is 11.5 Å². The number of alkyl halides is 1. The molecule has 2 unspecified atom stereocenters. The lowest BCUT2D eigenvalue weighted by molar-refractivity contribution is -0.0893. The van der Waals surface area contributed by atoms with Crippen LogP contribution in [0.4, 0.5) is 0 Å². The van der Waals surface area contributed by atoms with E-state index in [1.54, 1.807) is 25.3 Å². The highest BCUT2D eigenvalue weighted by molar-refractivity contribution is 6.31. The van der Waals surface area contributed by atoms with Crippen LogP contribution in [0.15, 0.2) is 18.2 Å². The highest BCUT2D eigenvalue weighted by atomic mass is 35.5. The van der Waals surface area contributed by atoms with Crippen LogP contribution in [-0.2, 0) is 9.47 Å². The predicted molar refractivity (Wildman–Crippen MR) is 67.2 cm³/mol. The van der Waals surface area contributed by atoms with Crippen LogP contribution in [0.5, 0.6) is 5.75 Å². The molecular weight excluding hydrogens is 263 g/mol. The molecule has 0 radical (unpaired) electrons. The Morgan fingerprint density at radius 1 is 1.41 bits per heavy atom. The molecule has 1 saturated heterocycles. The van der Waals surface area contributed by atoms with Gasteiger partial charge >= 0.3 is 0 Å². The Hall–Kier alpha value is -0.480. The molecule has 94 valence electrons. The average molecular weight is 277 g/mol. The zero-order valence-corrected chi connectivity index (χ0v) is 11.0. The summed E-state index contributed by atoms with van der Waals surface area (Å²) in [6.45, 7) is 1.67. The van der Waals surface area contributed by atoms with Crippen LogP contribution in [0.25, 0.3) is 0 Å². The molecule has 0 bridgehead atoms. The molecule has 1 fully saturated rings. The SMILES string of the molecule is COc1ccc(Cl)cc1C(Cl)C1COCCO1. The first-order chi connectivity index (χ1) is 8.22. The smallest absolute Gasteiger partial charge is 0.123 e. The molecular formula is C12H14Cl2O3. The van der Waals surface area contributed by atoms with Crippen LogP contribution < -0.4 is 4.74 Å². The average Bonchev–Trinajstić information content (AvgIpc) is 2.39. The summed E-state index contributed by atoms with van der Waals surface area (Å²) in [6.07, 6.45) is -0.169. The van der Waals surface area contributed by atoms with Gasteiger partial charge in [0.05, 0.1) is 32.3 Å². The maximum absolute atomic E-state index is 6.40. The highest BCUT2D eigenvalue weighted by Crippen LogP contribution is 2.36. The molecule has 17 heavy (non-hydrogen) atoms. The summed E-state index contributed by atoms with van der Waals surface area (Å²) in [6, 6.07) is 5.37. The van der Waals surface area contributed by atoms with E-state index in [1.165, 1.54) is 0 Å². The topological polar surface area (TPSA) is 27.7 Å². The maximum atomic E-state index is 6.40. The van der Waals surface area contributed by atoms with Crippen LogP contribution in [0.1, 0.15) is 10.9 Å². The molecule has 0 spiro atoms. The Morgan fingerprint density at radius 2 is 2.24 bits per heavy atom. The van der Waals surface area contributed by atoms with E-state index >= 15 is 0 Å². The highest BCUT2D eigenvalue weighted by Gasteiger charge is 2.27. The van der Waals surface area contributed by atoms with Gasteiger partial charge in [0.15, 0.2) is 0 Å². The Balaban J connectivity index is 2.21. The van der Waals surface area contributed by atoms with Crippen molar-refractivity contribution < 1.29 is 14.2 Å². The quantitative estimate of drug-likeness (QED) is 0.795. The molecule has 0 amide bonds. The standard InChI is InChI=1S/C12H14Cl2O3/c1-15-10-3-2-8(13)6-9(10)12(14)11-7-16-4-5-17-11/h2-3,6,11-12H,4-5,7H2,1H3. The molecule has 2 rings (SSSR count). The summed E-state index contributed by atoms with van der Waals surface area (Å²) in [4.78, 5) is 0. The number of halogens is 2. The Labute approximate surface area is 111 Å². The van der Waals surface area contributed by atoms with E-state index in [9.17, 15) is 0 Å². The number of hydrogen-bond acceptors (Lipinski definition) is 3. The van der Waals surface area contributed by atoms with Gasteiger partial charge < -0.3 is 14.2 Å². The van der Waals surface area contributed by atoms with E-state index in [0.29, 0.717) is 30.6 Å². The summed E-state index contributed by atoms with van der Waals surface area (Å²) in [5.74, 6) is 0.712. The second kappa shape index (κ2) is 5.91. The predicted octanol–water partition coefficient (Wildman–Crippen LogP) is 3.04. The Morgan fingerprint density at radius 3 is 2.88 bits per heavy atom. The monoisotopic (exact) mass is 276 g/mol. The number of methoxy groups -OCH3 is 1. The van der Waals surface area contributed by atoms with Crippen LogP contribution in [0.3, 0.4) is 0 Å². The molecule has 0 N–H and O–H groups in total. The van der Waals surface area contributed by atoms with Crippen LogP contribution >= 0.6 is 23.2 Å². The first-order valence-corrected chi connectivity index (χ1v) is 6.20. The molecule has 0 aliphatic carbocycles. The lowest BCUT2D eigenvalue weighted by atomic mass is 10.1. The van der Waals surface area contributed by atoms with Gasteiger partial charge in [-0.15, -0.1) is 11.6 Å². The molecule has 2 atom stereocenters. The van der Waals surface area contributed by atoms with Gasteiger partial charge in [0.2, 0.25) is 0 Å². The van der Waals surface area contributed by atoms with Gasteiger partial charge in [-0.2, -0.15) is 0 Å². The third-order valence-corrected chi connectivity index (χ3v) is 3.41. The fourth-order valence-corrected chi connectivity index (χ4v) is 2.29. The molecule has 0 saturated carbocycles. The molecule has 1 aromatic rings. The summed E-state index contributed by atoms with van der Waals surface area (Å²) < 4.78 is 16.2. The molecule has 1 aromatic carbocycles. The van der Waals surface area contributed by atoms with Gasteiger partial charge in [-0.05, 0) is 18.2 Å². The minimum Gasteiger partial charge on any atom is -0.496 e. The second-order valence-electron chi connectivity index (χ2n) is 3.77. The summed E-state index contributed by atoms with van der Waals surface area (Å²) in [5.41, 5.74) is 0.831. The third kappa shape index (κ3) is 3.05. The fourth-order valence-electron chi connectivity index (χ4n) is 1.80. The van der Waals surface area contributed by atoms with Crippen molar-refractivity contribution in [1.29, 1.82) is 0 Å². The first kappa shape index (κ1) is 13.0. The van der Waals surface area contributed by atoms with Gasteiger partial charge in [-0.3, -0.25) is 0 Å². The van der Waals surface area contributed by atoms with Crippen molar-refractivity contribution in [3.63, 3.8) is 0 Å². The summed E-state index contributed by atoms with van der Waals surface area (Å²) >= 11 is 12.4. The van der Waals surface area contributed by atoms with Crippen LogP contribution in [0, 0.1) is 0 Å². The van der Waals surface area contributed by atoms with Crippen LogP contribution in [0.2, 0.25) is 5.02 Å². The molecule has 1 aliphatic rings. The fraction of sp³-hybridized carbons (Fsp3) is 0.500. The lowest BCUT2D eigenvalue weighted by Gasteiger charge is -2.27. The normalized spacial score (nSPS) is 22.2. The van der Waals surface area contributed by atoms with Gasteiger partial charge in [0.1, 0.15) is 11.9 Å². The molecule has 1 heterocycles. The Kier molecular flexibility index (Phi) is 4.51. The molecule has 3 nitrogen and oxygen atoms in total. The van der Waals surface area contributed by atoms with Crippen molar-refractivity contribution in [2.75, 3.05) is 26.9 Å². The summed E-state index contributed by atoms with van der Waals surface area (Å²) in [7, 11) is 1.61. The van der Waals surface area contributed by atoms with E-state index in [4.69, 9.17) is 37.4 Å². The largest absolute Gasteiger partial charge is 0.496 e. The van der Waals surface area contributed by atoms with Gasteiger partial charge in [-0.1, -0.05) is 11.6 Å². The zero-order chi connectivity index (χ0) is 12.3. The third-order valence-electron chi connectivity index (χ3n) is 2.66. The number of ether oxygens (including phenoxy) is 3. The Bertz CT molecular complexity index is 378. The van der Waals surface area contributed by atoms with Gasteiger partial charge in [0.25, 0.3) is 0 Å². The van der Waals surface area contributed by atoms with Crippen molar-refractivity contribution in [3.8, 4) is 5.75 Å². The van der Waals surface area contributed by atoms with Crippen molar-refractivity contribution in [1.82, 2.24) is 0 Å². The summed E-state index contributed by atoms with van der Waals surface area (Å²) in [5, 5.41) is 0.298. The van der Waals surface area contributed by atoms with E-state index < -0.39 is 0 Å². The zero-order valence-electron chi connectivity index (χ0n) is 9.49. The molecule has 0 aromatic heterocycles.